The van der Waals surface area contributed by atoms with Crippen LogP contribution < -0.4 is 9.47 Å². The minimum Gasteiger partial charge on any atom is -0.493 e. The van der Waals surface area contributed by atoms with Gasteiger partial charge in [-0.2, -0.15) is 0 Å². The molecule has 0 spiro atoms. The Morgan fingerprint density at radius 2 is 1.66 bits per heavy atom. The molecule has 7 nitrogen and oxygen atoms in total. The standard InChI is InChI=1S/C27H26N4O3S/c1-33-23-13-12-22(16-24(23)34-2)31-26(20-9-4-3-5-10-20)28-29-27(31)35-18-25(32)30-15-14-19-8-6-7-11-21(19)17-30/h3-13,16H,14-15,17-18H2,1-2H3. The van der Waals surface area contributed by atoms with E-state index in [1.807, 2.05) is 64.1 Å². The number of fused-ring (bicyclic) bond motifs is 1. The van der Waals surface area contributed by atoms with Crippen molar-refractivity contribution in [3.05, 3.63) is 83.9 Å². The second-order valence-electron chi connectivity index (χ2n) is 8.17. The molecule has 0 saturated carbocycles. The maximum atomic E-state index is 13.1. The number of rotatable bonds is 7. The molecule has 0 atom stereocenters. The first kappa shape index (κ1) is 23.0. The van der Waals surface area contributed by atoms with Crippen molar-refractivity contribution in [2.45, 2.75) is 18.1 Å². The highest BCUT2D eigenvalue weighted by Crippen LogP contribution is 2.34. The fourth-order valence-corrected chi connectivity index (χ4v) is 5.12. The number of carbonyl (C=O) groups excluding carboxylic acids is 1. The average Bonchev–Trinajstić information content (AvgIpc) is 3.35. The van der Waals surface area contributed by atoms with Crippen LogP contribution in [0.5, 0.6) is 11.5 Å². The quantitative estimate of drug-likeness (QED) is 0.355. The van der Waals surface area contributed by atoms with Crippen molar-refractivity contribution < 1.29 is 14.3 Å². The third kappa shape index (κ3) is 4.74. The number of thioether (sulfide) groups is 1. The van der Waals surface area contributed by atoms with Gasteiger partial charge in [-0.3, -0.25) is 9.36 Å². The second-order valence-corrected chi connectivity index (χ2v) is 9.11. The van der Waals surface area contributed by atoms with E-state index in [-0.39, 0.29) is 11.7 Å². The number of benzene rings is 3. The topological polar surface area (TPSA) is 69.5 Å². The van der Waals surface area contributed by atoms with Crippen LogP contribution in [-0.2, 0) is 17.8 Å². The number of ether oxygens (including phenoxy) is 2. The smallest absolute Gasteiger partial charge is 0.233 e. The summed E-state index contributed by atoms with van der Waals surface area (Å²) < 4.78 is 12.9. The Morgan fingerprint density at radius 1 is 0.914 bits per heavy atom. The molecule has 1 aromatic heterocycles. The summed E-state index contributed by atoms with van der Waals surface area (Å²) in [4.78, 5) is 15.0. The van der Waals surface area contributed by atoms with Gasteiger partial charge in [-0.25, -0.2) is 0 Å². The Kier molecular flexibility index (Phi) is 6.72. The van der Waals surface area contributed by atoms with Crippen molar-refractivity contribution >= 4 is 17.7 Å². The SMILES string of the molecule is COc1ccc(-n2c(SCC(=O)N3CCc4ccccc4C3)nnc2-c2ccccc2)cc1OC. The van der Waals surface area contributed by atoms with E-state index in [1.54, 1.807) is 14.2 Å². The van der Waals surface area contributed by atoms with E-state index in [1.165, 1.54) is 22.9 Å². The summed E-state index contributed by atoms with van der Waals surface area (Å²) in [6.45, 7) is 1.38. The predicted molar refractivity (Wildman–Crippen MR) is 136 cm³/mol. The molecular formula is C27H26N4O3S. The fraction of sp³-hybridized carbons (Fsp3) is 0.222. The summed E-state index contributed by atoms with van der Waals surface area (Å²) in [6, 6.07) is 23.9. The Labute approximate surface area is 208 Å². The van der Waals surface area contributed by atoms with Gasteiger partial charge in [0.1, 0.15) is 0 Å². The van der Waals surface area contributed by atoms with Gasteiger partial charge >= 0.3 is 0 Å². The van der Waals surface area contributed by atoms with Crippen LogP contribution in [0, 0.1) is 0 Å². The van der Waals surface area contributed by atoms with Crippen LogP contribution in [0.4, 0.5) is 0 Å². The van der Waals surface area contributed by atoms with Gasteiger partial charge in [0, 0.05) is 24.7 Å². The van der Waals surface area contributed by atoms with Crippen LogP contribution in [0.2, 0.25) is 0 Å². The first-order chi connectivity index (χ1) is 17.2. The van der Waals surface area contributed by atoms with E-state index in [4.69, 9.17) is 9.47 Å². The minimum absolute atomic E-state index is 0.0904. The summed E-state index contributed by atoms with van der Waals surface area (Å²) in [6.07, 6.45) is 0.882. The van der Waals surface area contributed by atoms with Gasteiger partial charge in [-0.1, -0.05) is 66.4 Å². The maximum absolute atomic E-state index is 13.1. The number of methoxy groups -OCH3 is 2. The highest BCUT2D eigenvalue weighted by atomic mass is 32.2. The highest BCUT2D eigenvalue weighted by Gasteiger charge is 2.23. The summed E-state index contributed by atoms with van der Waals surface area (Å²) in [7, 11) is 3.22. The Hall–Kier alpha value is -3.78. The van der Waals surface area contributed by atoms with Gasteiger partial charge in [-0.15, -0.1) is 10.2 Å². The molecule has 1 amide bonds. The fourth-order valence-electron chi connectivity index (χ4n) is 4.26. The summed E-state index contributed by atoms with van der Waals surface area (Å²) in [5, 5.41) is 9.57. The number of hydrogen-bond acceptors (Lipinski definition) is 6. The van der Waals surface area contributed by atoms with Crippen molar-refractivity contribution in [1.29, 1.82) is 0 Å². The van der Waals surface area contributed by atoms with Crippen LogP contribution in [0.3, 0.4) is 0 Å². The number of hydrogen-bond donors (Lipinski definition) is 0. The van der Waals surface area contributed by atoms with Crippen molar-refractivity contribution in [3.63, 3.8) is 0 Å². The molecule has 0 N–H and O–H groups in total. The molecule has 2 heterocycles. The molecule has 0 fully saturated rings. The molecular weight excluding hydrogens is 460 g/mol. The van der Waals surface area contributed by atoms with Crippen molar-refractivity contribution in [2.75, 3.05) is 26.5 Å². The molecule has 8 heteroatoms. The van der Waals surface area contributed by atoms with Crippen molar-refractivity contribution in [1.82, 2.24) is 19.7 Å². The minimum atomic E-state index is 0.0904. The van der Waals surface area contributed by atoms with Crippen LogP contribution in [0.15, 0.2) is 78.0 Å². The van der Waals surface area contributed by atoms with Crippen LogP contribution in [-0.4, -0.2) is 52.1 Å². The summed E-state index contributed by atoms with van der Waals surface area (Å²) >= 11 is 1.39. The van der Waals surface area contributed by atoms with Crippen LogP contribution >= 0.6 is 11.8 Å². The van der Waals surface area contributed by atoms with E-state index < -0.39 is 0 Å². The zero-order chi connectivity index (χ0) is 24.2. The molecule has 0 unspecified atom stereocenters. The molecule has 3 aromatic carbocycles. The van der Waals surface area contributed by atoms with Gasteiger partial charge in [-0.05, 0) is 29.7 Å². The Balaban J connectivity index is 1.43. The monoisotopic (exact) mass is 486 g/mol. The van der Waals surface area contributed by atoms with E-state index in [9.17, 15) is 4.79 Å². The first-order valence-electron chi connectivity index (χ1n) is 11.4. The lowest BCUT2D eigenvalue weighted by Gasteiger charge is -2.28. The lowest BCUT2D eigenvalue weighted by molar-refractivity contribution is -0.129. The molecule has 0 radical (unpaired) electrons. The normalized spacial score (nSPS) is 12.8. The largest absolute Gasteiger partial charge is 0.493 e. The molecule has 5 rings (SSSR count). The van der Waals surface area contributed by atoms with Crippen LogP contribution in [0.1, 0.15) is 11.1 Å². The van der Waals surface area contributed by atoms with Crippen molar-refractivity contribution in [2.24, 2.45) is 0 Å². The third-order valence-electron chi connectivity index (χ3n) is 6.10. The number of amides is 1. The molecule has 0 aliphatic carbocycles. The van der Waals surface area contributed by atoms with Gasteiger partial charge in [0.05, 0.1) is 25.7 Å². The molecule has 0 saturated heterocycles. The Morgan fingerprint density at radius 3 is 2.43 bits per heavy atom. The zero-order valence-corrected chi connectivity index (χ0v) is 20.5. The van der Waals surface area contributed by atoms with E-state index in [0.717, 1.165) is 24.2 Å². The second kappa shape index (κ2) is 10.2. The highest BCUT2D eigenvalue weighted by molar-refractivity contribution is 7.99. The van der Waals surface area contributed by atoms with Crippen molar-refractivity contribution in [3.8, 4) is 28.6 Å². The molecule has 178 valence electrons. The molecule has 0 bridgehead atoms. The number of aromatic nitrogens is 3. The molecule has 1 aliphatic rings. The first-order valence-corrected chi connectivity index (χ1v) is 12.4. The van der Waals surface area contributed by atoms with Gasteiger partial charge in [0.25, 0.3) is 0 Å². The lowest BCUT2D eigenvalue weighted by atomic mass is 10.00. The van der Waals surface area contributed by atoms with Gasteiger partial charge in [0.15, 0.2) is 22.5 Å². The number of carbonyl (C=O) groups is 1. The Bertz CT molecular complexity index is 1340. The van der Waals surface area contributed by atoms with E-state index in [2.05, 4.69) is 28.4 Å². The molecule has 4 aromatic rings. The zero-order valence-electron chi connectivity index (χ0n) is 19.7. The van der Waals surface area contributed by atoms with E-state index in [0.29, 0.717) is 29.0 Å². The maximum Gasteiger partial charge on any atom is 0.233 e. The predicted octanol–water partition coefficient (Wildman–Crippen LogP) is 4.63. The number of nitrogens with zero attached hydrogens (tertiary/aromatic N) is 4. The summed E-state index contributed by atoms with van der Waals surface area (Å²) in [5.41, 5.74) is 4.30. The van der Waals surface area contributed by atoms with Crippen LogP contribution in [0.25, 0.3) is 17.1 Å². The molecule has 1 aliphatic heterocycles. The third-order valence-corrected chi connectivity index (χ3v) is 7.01. The summed E-state index contributed by atoms with van der Waals surface area (Å²) in [5.74, 6) is 2.31. The average molecular weight is 487 g/mol. The molecule has 35 heavy (non-hydrogen) atoms. The van der Waals surface area contributed by atoms with Gasteiger partial charge in [0.2, 0.25) is 5.91 Å². The lowest BCUT2D eigenvalue weighted by Crippen LogP contribution is -2.37. The van der Waals surface area contributed by atoms with Gasteiger partial charge < -0.3 is 14.4 Å². The van der Waals surface area contributed by atoms with E-state index >= 15 is 0 Å².